The number of ether oxygens (including phenoxy) is 1. The van der Waals surface area contributed by atoms with Crippen LogP contribution in [0.25, 0.3) is 0 Å². The minimum absolute atomic E-state index is 0.0334. The number of anilines is 1. The molecular formula is C14H26N4O. The molecule has 108 valence electrons. The van der Waals surface area contributed by atoms with E-state index in [0.717, 1.165) is 24.3 Å². The lowest BCUT2D eigenvalue weighted by molar-refractivity contribution is 0.110. The third kappa shape index (κ3) is 4.06. The maximum Gasteiger partial charge on any atom is 0.221 e. The van der Waals surface area contributed by atoms with E-state index in [1.54, 1.807) is 6.33 Å². The molecule has 1 rings (SSSR count). The number of rotatable bonds is 7. The van der Waals surface area contributed by atoms with Crippen molar-refractivity contribution in [3.05, 3.63) is 11.9 Å². The zero-order valence-electron chi connectivity index (χ0n) is 12.9. The molecule has 1 aromatic heterocycles. The van der Waals surface area contributed by atoms with E-state index in [9.17, 15) is 0 Å². The highest BCUT2D eigenvalue weighted by Gasteiger charge is 2.22. The van der Waals surface area contributed by atoms with Crippen molar-refractivity contribution in [1.82, 2.24) is 14.9 Å². The van der Waals surface area contributed by atoms with Crippen molar-refractivity contribution < 1.29 is 4.74 Å². The first kappa shape index (κ1) is 15.7. The van der Waals surface area contributed by atoms with E-state index in [0.29, 0.717) is 12.5 Å². The second kappa shape index (κ2) is 6.70. The Balaban J connectivity index is 2.86. The van der Waals surface area contributed by atoms with Gasteiger partial charge in [0.2, 0.25) is 5.88 Å². The molecule has 0 aliphatic heterocycles. The molecule has 0 saturated heterocycles. The van der Waals surface area contributed by atoms with Crippen LogP contribution >= 0.6 is 0 Å². The SMILES string of the molecule is CCNc1ncnc(OCC(C)(C)N(C)C)c1CC. The third-order valence-corrected chi connectivity index (χ3v) is 3.38. The highest BCUT2D eigenvalue weighted by molar-refractivity contribution is 5.48. The predicted molar refractivity (Wildman–Crippen MR) is 78.8 cm³/mol. The summed E-state index contributed by atoms with van der Waals surface area (Å²) in [6, 6.07) is 0. The predicted octanol–water partition coefficient (Wildman–Crippen LogP) is 2.19. The number of hydrogen-bond donors (Lipinski definition) is 1. The second-order valence-electron chi connectivity index (χ2n) is 5.39. The van der Waals surface area contributed by atoms with Crippen molar-refractivity contribution in [2.75, 3.05) is 32.6 Å². The number of nitrogens with one attached hydrogen (secondary N) is 1. The fourth-order valence-electron chi connectivity index (χ4n) is 1.53. The van der Waals surface area contributed by atoms with Gasteiger partial charge < -0.3 is 15.0 Å². The highest BCUT2D eigenvalue weighted by Crippen LogP contribution is 2.23. The molecule has 0 unspecified atom stereocenters. The topological polar surface area (TPSA) is 50.3 Å². The Morgan fingerprint density at radius 1 is 1.26 bits per heavy atom. The van der Waals surface area contributed by atoms with Crippen molar-refractivity contribution in [3.8, 4) is 5.88 Å². The Kier molecular flexibility index (Phi) is 5.54. The molecule has 0 amide bonds. The molecule has 1 aromatic rings. The lowest BCUT2D eigenvalue weighted by Crippen LogP contribution is -2.43. The van der Waals surface area contributed by atoms with Crippen LogP contribution in [-0.2, 0) is 6.42 Å². The first-order valence-electron chi connectivity index (χ1n) is 6.80. The highest BCUT2D eigenvalue weighted by atomic mass is 16.5. The van der Waals surface area contributed by atoms with Crippen LogP contribution in [0.5, 0.6) is 5.88 Å². The molecule has 0 atom stereocenters. The molecule has 0 radical (unpaired) electrons. The van der Waals surface area contributed by atoms with E-state index in [1.807, 2.05) is 14.1 Å². The smallest absolute Gasteiger partial charge is 0.221 e. The summed E-state index contributed by atoms with van der Waals surface area (Å²) in [4.78, 5) is 10.7. The van der Waals surface area contributed by atoms with Gasteiger partial charge in [0, 0.05) is 12.1 Å². The van der Waals surface area contributed by atoms with Gasteiger partial charge in [-0.1, -0.05) is 6.92 Å². The number of hydrogen-bond acceptors (Lipinski definition) is 5. The summed E-state index contributed by atoms with van der Waals surface area (Å²) in [5, 5.41) is 3.25. The van der Waals surface area contributed by atoms with Crippen molar-refractivity contribution in [1.29, 1.82) is 0 Å². The van der Waals surface area contributed by atoms with Gasteiger partial charge in [-0.15, -0.1) is 0 Å². The van der Waals surface area contributed by atoms with Crippen molar-refractivity contribution in [2.45, 2.75) is 39.7 Å². The van der Waals surface area contributed by atoms with Crippen LogP contribution < -0.4 is 10.1 Å². The number of nitrogens with zero attached hydrogens (tertiary/aromatic N) is 3. The van der Waals surface area contributed by atoms with Crippen LogP contribution in [0.3, 0.4) is 0 Å². The van der Waals surface area contributed by atoms with Crippen molar-refractivity contribution >= 4 is 5.82 Å². The maximum atomic E-state index is 5.91. The van der Waals surface area contributed by atoms with Gasteiger partial charge in [-0.2, -0.15) is 0 Å². The Morgan fingerprint density at radius 2 is 1.95 bits per heavy atom. The van der Waals surface area contributed by atoms with E-state index >= 15 is 0 Å². The minimum Gasteiger partial charge on any atom is -0.475 e. The molecule has 0 aromatic carbocycles. The van der Waals surface area contributed by atoms with Gasteiger partial charge in [0.1, 0.15) is 18.8 Å². The van der Waals surface area contributed by atoms with E-state index in [1.165, 1.54) is 0 Å². The van der Waals surface area contributed by atoms with Crippen LogP contribution in [0.2, 0.25) is 0 Å². The largest absolute Gasteiger partial charge is 0.475 e. The van der Waals surface area contributed by atoms with Crippen LogP contribution in [0.4, 0.5) is 5.82 Å². The van der Waals surface area contributed by atoms with Gasteiger partial charge in [0.25, 0.3) is 0 Å². The molecule has 1 N–H and O–H groups in total. The van der Waals surface area contributed by atoms with Crippen LogP contribution in [0, 0.1) is 0 Å². The maximum absolute atomic E-state index is 5.91. The Hall–Kier alpha value is -1.36. The molecule has 5 nitrogen and oxygen atoms in total. The molecule has 0 spiro atoms. The molecule has 1 heterocycles. The summed E-state index contributed by atoms with van der Waals surface area (Å²) >= 11 is 0. The first-order valence-corrected chi connectivity index (χ1v) is 6.80. The van der Waals surface area contributed by atoms with Crippen LogP contribution in [0.15, 0.2) is 6.33 Å². The summed E-state index contributed by atoms with van der Waals surface area (Å²) in [5.41, 5.74) is 1.01. The summed E-state index contributed by atoms with van der Waals surface area (Å²) in [5.74, 6) is 1.56. The van der Waals surface area contributed by atoms with E-state index in [-0.39, 0.29) is 5.54 Å². The molecule has 0 aliphatic rings. The Morgan fingerprint density at radius 3 is 2.47 bits per heavy atom. The zero-order valence-corrected chi connectivity index (χ0v) is 12.9. The zero-order chi connectivity index (χ0) is 14.5. The molecule has 0 saturated carbocycles. The van der Waals surface area contributed by atoms with Gasteiger partial charge in [-0.25, -0.2) is 9.97 Å². The minimum atomic E-state index is -0.0334. The van der Waals surface area contributed by atoms with E-state index in [4.69, 9.17) is 4.74 Å². The number of likely N-dealkylation sites (N-methyl/N-ethyl adjacent to an activating group) is 1. The third-order valence-electron chi connectivity index (χ3n) is 3.38. The monoisotopic (exact) mass is 266 g/mol. The first-order chi connectivity index (χ1) is 8.92. The molecule has 0 aliphatic carbocycles. The van der Waals surface area contributed by atoms with Gasteiger partial charge in [0.15, 0.2) is 0 Å². The van der Waals surface area contributed by atoms with Gasteiger partial charge in [-0.05, 0) is 41.3 Å². The fourth-order valence-corrected chi connectivity index (χ4v) is 1.53. The van der Waals surface area contributed by atoms with Gasteiger partial charge >= 0.3 is 0 Å². The quantitative estimate of drug-likeness (QED) is 0.820. The lowest BCUT2D eigenvalue weighted by atomic mass is 10.1. The van der Waals surface area contributed by atoms with Crippen LogP contribution in [-0.4, -0.2) is 47.7 Å². The second-order valence-corrected chi connectivity index (χ2v) is 5.39. The normalized spacial score (nSPS) is 11.7. The molecule has 0 fully saturated rings. The van der Waals surface area contributed by atoms with Crippen molar-refractivity contribution in [2.24, 2.45) is 0 Å². The standard InChI is InChI=1S/C14H26N4O/c1-7-11-12(15-8-2)16-10-17-13(11)19-9-14(3,4)18(5)6/h10H,7-9H2,1-6H3,(H,15,16,17). The summed E-state index contributed by atoms with van der Waals surface area (Å²) in [6.45, 7) is 9.86. The molecule has 0 bridgehead atoms. The van der Waals surface area contributed by atoms with Gasteiger partial charge in [-0.3, -0.25) is 0 Å². The van der Waals surface area contributed by atoms with Crippen molar-refractivity contribution in [3.63, 3.8) is 0 Å². The average Bonchev–Trinajstić information content (AvgIpc) is 2.36. The van der Waals surface area contributed by atoms with Crippen LogP contribution in [0.1, 0.15) is 33.3 Å². The average molecular weight is 266 g/mol. The molecular weight excluding hydrogens is 240 g/mol. The Labute approximate surface area is 116 Å². The Bertz CT molecular complexity index is 404. The summed E-state index contributed by atoms with van der Waals surface area (Å²) in [7, 11) is 4.10. The number of aromatic nitrogens is 2. The fraction of sp³-hybridized carbons (Fsp3) is 0.714. The van der Waals surface area contributed by atoms with E-state index in [2.05, 4.69) is 47.9 Å². The molecule has 19 heavy (non-hydrogen) atoms. The van der Waals surface area contributed by atoms with Gasteiger partial charge in [0.05, 0.1) is 5.56 Å². The van der Waals surface area contributed by atoms with E-state index < -0.39 is 0 Å². The summed E-state index contributed by atoms with van der Waals surface area (Å²) < 4.78 is 5.91. The summed E-state index contributed by atoms with van der Waals surface area (Å²) in [6.07, 6.45) is 2.40. The lowest BCUT2D eigenvalue weighted by Gasteiger charge is -2.32. The molecule has 5 heteroatoms.